The van der Waals surface area contributed by atoms with E-state index < -0.39 is 0 Å². The van der Waals surface area contributed by atoms with E-state index in [1.54, 1.807) is 0 Å². The molecule has 0 saturated carbocycles. The largest absolute Gasteiger partial charge is 0.478 e. The first kappa shape index (κ1) is 15.6. The molecule has 0 saturated heterocycles. The van der Waals surface area contributed by atoms with Gasteiger partial charge in [-0.3, -0.25) is 0 Å². The lowest BCUT2D eigenvalue weighted by Crippen LogP contribution is -2.11. The van der Waals surface area contributed by atoms with Crippen LogP contribution >= 0.6 is 0 Å². The molecule has 0 aliphatic heterocycles. The fourth-order valence-corrected chi connectivity index (χ4v) is 2.44. The van der Waals surface area contributed by atoms with E-state index in [-0.39, 0.29) is 0 Å². The second-order valence-electron chi connectivity index (χ2n) is 5.71. The maximum Gasteiger partial charge on any atom is 0.213 e. The first-order chi connectivity index (χ1) is 10.1. The Bertz CT molecular complexity index is 556. The minimum absolute atomic E-state index is 0.690. The molecule has 2 aromatic rings. The smallest absolute Gasteiger partial charge is 0.213 e. The quantitative estimate of drug-likeness (QED) is 0.733. The van der Waals surface area contributed by atoms with Gasteiger partial charge in [-0.1, -0.05) is 0 Å². The van der Waals surface area contributed by atoms with Crippen molar-refractivity contribution < 1.29 is 4.74 Å². The maximum absolute atomic E-state index is 5.76. The van der Waals surface area contributed by atoms with Crippen molar-refractivity contribution in [1.29, 1.82) is 0 Å². The van der Waals surface area contributed by atoms with Gasteiger partial charge >= 0.3 is 0 Å². The fraction of sp³-hybridized carbons (Fsp3) is 0.471. The Morgan fingerprint density at radius 3 is 2.52 bits per heavy atom. The van der Waals surface area contributed by atoms with E-state index in [1.165, 1.54) is 17.0 Å². The molecule has 4 heteroatoms. The zero-order valence-corrected chi connectivity index (χ0v) is 13.5. The number of rotatable bonds is 7. The van der Waals surface area contributed by atoms with E-state index in [2.05, 4.69) is 54.5 Å². The molecule has 0 radical (unpaired) electrons. The Kier molecular flexibility index (Phi) is 5.39. The van der Waals surface area contributed by atoms with Gasteiger partial charge in [0.25, 0.3) is 0 Å². The van der Waals surface area contributed by atoms with Crippen LogP contribution in [0.25, 0.3) is 0 Å². The molecular weight excluding hydrogens is 262 g/mol. The third-order valence-corrected chi connectivity index (χ3v) is 3.49. The van der Waals surface area contributed by atoms with Crippen LogP contribution in [0.3, 0.4) is 0 Å². The van der Waals surface area contributed by atoms with Crippen molar-refractivity contribution in [2.75, 3.05) is 20.7 Å². The molecule has 0 amide bonds. The van der Waals surface area contributed by atoms with Crippen molar-refractivity contribution in [3.63, 3.8) is 0 Å². The molecule has 0 aliphatic carbocycles. The number of aryl methyl sites for hydroxylation is 2. The van der Waals surface area contributed by atoms with Crippen LogP contribution in [-0.2, 0) is 13.1 Å². The molecule has 0 spiro atoms. The minimum atomic E-state index is 0.690. The van der Waals surface area contributed by atoms with E-state index in [4.69, 9.17) is 4.74 Å². The van der Waals surface area contributed by atoms with Gasteiger partial charge < -0.3 is 14.2 Å². The maximum atomic E-state index is 5.76. The summed E-state index contributed by atoms with van der Waals surface area (Å²) in [5.41, 5.74) is 3.83. The highest BCUT2D eigenvalue weighted by atomic mass is 16.5. The van der Waals surface area contributed by atoms with Gasteiger partial charge in [-0.25, -0.2) is 4.98 Å². The van der Waals surface area contributed by atoms with Gasteiger partial charge in [0.15, 0.2) is 0 Å². The highest BCUT2D eigenvalue weighted by Crippen LogP contribution is 2.12. The number of hydrogen-bond donors (Lipinski definition) is 0. The Balaban J connectivity index is 1.81. The number of ether oxygens (including phenoxy) is 1. The van der Waals surface area contributed by atoms with Gasteiger partial charge in [-0.2, -0.15) is 0 Å². The Labute approximate surface area is 127 Å². The summed E-state index contributed by atoms with van der Waals surface area (Å²) in [6.45, 7) is 6.86. The predicted molar refractivity (Wildman–Crippen MR) is 85.6 cm³/mol. The molecule has 0 unspecified atom stereocenters. The lowest BCUT2D eigenvalue weighted by Gasteiger charge is -2.12. The summed E-state index contributed by atoms with van der Waals surface area (Å²) in [6.07, 6.45) is 2.80. The molecule has 114 valence electrons. The SMILES string of the molecule is Cc1ccc(C)n1CCCOc1cc(CN(C)C)ccn1. The van der Waals surface area contributed by atoms with Crippen LogP contribution < -0.4 is 4.74 Å². The third-order valence-electron chi connectivity index (χ3n) is 3.49. The molecule has 21 heavy (non-hydrogen) atoms. The lowest BCUT2D eigenvalue weighted by molar-refractivity contribution is 0.289. The van der Waals surface area contributed by atoms with Crippen molar-refractivity contribution in [2.45, 2.75) is 33.4 Å². The molecule has 2 rings (SSSR count). The van der Waals surface area contributed by atoms with Crippen LogP contribution in [-0.4, -0.2) is 35.2 Å². The molecular formula is C17H25N3O. The third kappa shape index (κ3) is 4.60. The van der Waals surface area contributed by atoms with E-state index in [0.717, 1.165) is 25.4 Å². The first-order valence-electron chi connectivity index (χ1n) is 7.41. The molecule has 4 nitrogen and oxygen atoms in total. The Morgan fingerprint density at radius 2 is 1.86 bits per heavy atom. The summed E-state index contributed by atoms with van der Waals surface area (Å²) in [7, 11) is 4.12. The summed E-state index contributed by atoms with van der Waals surface area (Å²) in [5, 5.41) is 0. The van der Waals surface area contributed by atoms with Crippen molar-refractivity contribution >= 4 is 0 Å². The van der Waals surface area contributed by atoms with Gasteiger partial charge in [0.1, 0.15) is 0 Å². The molecule has 2 heterocycles. The van der Waals surface area contributed by atoms with Crippen LogP contribution in [0, 0.1) is 13.8 Å². The van der Waals surface area contributed by atoms with Crippen molar-refractivity contribution in [2.24, 2.45) is 0 Å². The highest BCUT2D eigenvalue weighted by Gasteiger charge is 2.02. The van der Waals surface area contributed by atoms with Crippen molar-refractivity contribution in [3.8, 4) is 5.88 Å². The average molecular weight is 287 g/mol. The molecule has 0 aromatic carbocycles. The van der Waals surface area contributed by atoms with Crippen LogP contribution in [0.5, 0.6) is 5.88 Å². The zero-order valence-electron chi connectivity index (χ0n) is 13.5. The summed E-state index contributed by atoms with van der Waals surface area (Å²) in [5.74, 6) is 0.718. The predicted octanol–water partition coefficient (Wildman–Crippen LogP) is 3.03. The molecule has 0 atom stereocenters. The van der Waals surface area contributed by atoms with Gasteiger partial charge in [0.2, 0.25) is 5.88 Å². The first-order valence-corrected chi connectivity index (χ1v) is 7.41. The average Bonchev–Trinajstić information content (AvgIpc) is 2.74. The van der Waals surface area contributed by atoms with Crippen LogP contribution in [0.1, 0.15) is 23.4 Å². The van der Waals surface area contributed by atoms with Crippen LogP contribution in [0.4, 0.5) is 0 Å². The summed E-state index contributed by atoms with van der Waals surface area (Å²) >= 11 is 0. The van der Waals surface area contributed by atoms with Crippen LogP contribution in [0.2, 0.25) is 0 Å². The molecule has 2 aromatic heterocycles. The van der Waals surface area contributed by atoms with Gasteiger partial charge in [-0.05, 0) is 58.1 Å². The van der Waals surface area contributed by atoms with Gasteiger partial charge in [0, 0.05) is 36.7 Å². The van der Waals surface area contributed by atoms with Gasteiger partial charge in [-0.15, -0.1) is 0 Å². The second kappa shape index (κ2) is 7.27. The van der Waals surface area contributed by atoms with E-state index in [1.807, 2.05) is 18.3 Å². The standard InChI is InChI=1S/C17H25N3O/c1-14-6-7-15(2)20(14)10-5-11-21-17-12-16(8-9-18-17)13-19(3)4/h6-9,12H,5,10-11,13H2,1-4H3. The molecule has 0 aliphatic rings. The summed E-state index contributed by atoms with van der Waals surface area (Å²) in [4.78, 5) is 6.40. The number of aromatic nitrogens is 2. The molecule has 0 bridgehead atoms. The minimum Gasteiger partial charge on any atom is -0.478 e. The van der Waals surface area contributed by atoms with Crippen molar-refractivity contribution in [1.82, 2.24) is 14.5 Å². The Morgan fingerprint density at radius 1 is 1.14 bits per heavy atom. The van der Waals surface area contributed by atoms with Crippen molar-refractivity contribution in [3.05, 3.63) is 47.4 Å². The number of hydrogen-bond acceptors (Lipinski definition) is 3. The normalized spacial score (nSPS) is 11.1. The van der Waals surface area contributed by atoms with E-state index >= 15 is 0 Å². The molecule has 0 N–H and O–H groups in total. The molecule has 0 fully saturated rings. The lowest BCUT2D eigenvalue weighted by atomic mass is 10.2. The topological polar surface area (TPSA) is 30.3 Å². The van der Waals surface area contributed by atoms with E-state index in [9.17, 15) is 0 Å². The highest BCUT2D eigenvalue weighted by molar-refractivity contribution is 5.20. The monoisotopic (exact) mass is 287 g/mol. The van der Waals surface area contributed by atoms with Crippen LogP contribution in [0.15, 0.2) is 30.5 Å². The summed E-state index contributed by atoms with van der Waals surface area (Å²) < 4.78 is 8.08. The van der Waals surface area contributed by atoms with Gasteiger partial charge in [0.05, 0.1) is 6.61 Å². The number of nitrogens with zero attached hydrogens (tertiary/aromatic N) is 3. The fourth-order valence-electron chi connectivity index (χ4n) is 2.44. The summed E-state index contributed by atoms with van der Waals surface area (Å²) in [6, 6.07) is 8.36. The zero-order chi connectivity index (χ0) is 15.2. The second-order valence-corrected chi connectivity index (χ2v) is 5.71. The Hall–Kier alpha value is -1.81. The number of pyridine rings is 1. The van der Waals surface area contributed by atoms with E-state index in [0.29, 0.717) is 6.61 Å².